The lowest BCUT2D eigenvalue weighted by Crippen LogP contribution is -2.13. The van der Waals surface area contributed by atoms with Crippen molar-refractivity contribution in [3.8, 4) is 28.2 Å². The maximum absolute atomic E-state index is 9.64. The standard InChI is InChI=1S/C50H46N2O/c1-30(2)40-26-36(32-15-9-8-10-16-32)27-41(31(3)4)47(40)52-46-35(29-50(5,6)7)18-13-22-44(46)51-49(52)39-21-14-20-38-43-25-34-24-23-33-17-11-12-19-37(33)42(34)28-45(43)53-48(38)39/h8-28,30-31H,29H2,1-7H3/i29D2. The molecular weight excluding hydrogens is 645 g/mol. The summed E-state index contributed by atoms with van der Waals surface area (Å²) in [5.41, 5.74) is 9.74. The predicted molar refractivity (Wildman–Crippen MR) is 226 cm³/mol. The van der Waals surface area contributed by atoms with Crippen LogP contribution in [0.15, 0.2) is 132 Å². The molecule has 0 spiro atoms. The van der Waals surface area contributed by atoms with E-state index in [9.17, 15) is 2.74 Å². The fraction of sp³-hybridized carbons (Fsp3) is 0.220. The van der Waals surface area contributed by atoms with E-state index in [0.29, 0.717) is 5.56 Å². The van der Waals surface area contributed by atoms with Crippen LogP contribution in [-0.2, 0) is 6.37 Å². The van der Waals surface area contributed by atoms with E-state index < -0.39 is 11.8 Å². The summed E-state index contributed by atoms with van der Waals surface area (Å²) < 4.78 is 28.5. The molecule has 0 radical (unpaired) electrons. The molecule has 0 saturated carbocycles. The zero-order chi connectivity index (χ0) is 38.4. The second-order valence-electron chi connectivity index (χ2n) is 16.1. The molecule has 7 aromatic carbocycles. The summed E-state index contributed by atoms with van der Waals surface area (Å²) in [6.07, 6.45) is -1.67. The average Bonchev–Trinajstić information content (AvgIpc) is 3.74. The van der Waals surface area contributed by atoms with Crippen molar-refractivity contribution >= 4 is 54.5 Å². The molecule has 3 nitrogen and oxygen atoms in total. The van der Waals surface area contributed by atoms with Crippen LogP contribution < -0.4 is 0 Å². The third-order valence-electron chi connectivity index (χ3n) is 10.5. The topological polar surface area (TPSA) is 31.0 Å². The highest BCUT2D eigenvalue weighted by molar-refractivity contribution is 6.17. The quantitative estimate of drug-likeness (QED) is 0.162. The van der Waals surface area contributed by atoms with E-state index in [0.717, 1.165) is 55.4 Å². The van der Waals surface area contributed by atoms with Crippen molar-refractivity contribution in [3.05, 3.63) is 144 Å². The molecule has 9 rings (SSSR count). The molecular formula is C50H46N2O. The number of fused-ring (bicyclic) bond motifs is 7. The highest BCUT2D eigenvalue weighted by Crippen LogP contribution is 2.44. The summed E-state index contributed by atoms with van der Waals surface area (Å²) in [6, 6.07) is 44.8. The van der Waals surface area contributed by atoms with Gasteiger partial charge in [-0.3, -0.25) is 4.57 Å². The number of imidazole rings is 1. The molecule has 53 heavy (non-hydrogen) atoms. The van der Waals surface area contributed by atoms with Crippen LogP contribution in [0.25, 0.3) is 82.7 Å². The summed E-state index contributed by atoms with van der Waals surface area (Å²) in [4.78, 5) is 5.45. The fourth-order valence-electron chi connectivity index (χ4n) is 8.12. The number of furan rings is 1. The first-order valence-electron chi connectivity index (χ1n) is 19.9. The van der Waals surface area contributed by atoms with Crippen LogP contribution in [0.5, 0.6) is 0 Å². The smallest absolute Gasteiger partial charge is 0.149 e. The summed E-state index contributed by atoms with van der Waals surface area (Å²) in [5.74, 6) is 1.07. The first-order valence-corrected chi connectivity index (χ1v) is 18.9. The van der Waals surface area contributed by atoms with Gasteiger partial charge in [0.25, 0.3) is 0 Å². The molecule has 0 fully saturated rings. The van der Waals surface area contributed by atoms with Gasteiger partial charge in [0.1, 0.15) is 17.0 Å². The van der Waals surface area contributed by atoms with Crippen molar-refractivity contribution in [1.29, 1.82) is 0 Å². The maximum atomic E-state index is 9.64. The summed E-state index contributed by atoms with van der Waals surface area (Å²) in [7, 11) is 0. The van der Waals surface area contributed by atoms with Gasteiger partial charge < -0.3 is 4.42 Å². The predicted octanol–water partition coefficient (Wildman–Crippen LogP) is 14.4. The SMILES string of the molecule is [2H]C([2H])(c1cccc2nc(-c3cccc4c3oc3cc5c(ccc6ccccc65)cc34)n(-c3c(C(C)C)cc(-c4ccccc4)cc3C(C)C)c12)C(C)(C)C. The lowest BCUT2D eigenvalue weighted by molar-refractivity contribution is 0.412. The Morgan fingerprint density at radius 1 is 0.642 bits per heavy atom. The zero-order valence-electron chi connectivity index (χ0n) is 33.6. The molecule has 0 aliphatic heterocycles. The van der Waals surface area contributed by atoms with Gasteiger partial charge in [-0.15, -0.1) is 0 Å². The molecule has 0 amide bonds. The van der Waals surface area contributed by atoms with Crippen molar-refractivity contribution in [2.24, 2.45) is 5.41 Å². The lowest BCUT2D eigenvalue weighted by Gasteiger charge is -2.26. The van der Waals surface area contributed by atoms with Crippen LogP contribution in [-0.4, -0.2) is 9.55 Å². The Balaban J connectivity index is 1.42. The number of benzene rings is 7. The number of para-hydroxylation sites is 2. The van der Waals surface area contributed by atoms with Crippen molar-refractivity contribution in [3.63, 3.8) is 0 Å². The van der Waals surface area contributed by atoms with Crippen molar-refractivity contribution in [2.75, 3.05) is 0 Å². The Kier molecular flexibility index (Phi) is 7.28. The number of hydrogen-bond acceptors (Lipinski definition) is 2. The normalized spacial score (nSPS) is 13.3. The molecule has 0 aliphatic carbocycles. The van der Waals surface area contributed by atoms with Crippen LogP contribution >= 0.6 is 0 Å². The van der Waals surface area contributed by atoms with Gasteiger partial charge in [-0.25, -0.2) is 4.98 Å². The molecule has 3 heteroatoms. The molecule has 0 unspecified atom stereocenters. The van der Waals surface area contributed by atoms with Crippen LogP contribution in [0.1, 0.15) is 79.7 Å². The number of hydrogen-bond donors (Lipinski definition) is 0. The van der Waals surface area contributed by atoms with E-state index in [1.54, 1.807) is 0 Å². The molecule has 262 valence electrons. The maximum Gasteiger partial charge on any atom is 0.149 e. The monoisotopic (exact) mass is 692 g/mol. The molecule has 0 saturated heterocycles. The second-order valence-corrected chi connectivity index (χ2v) is 16.1. The fourth-order valence-corrected chi connectivity index (χ4v) is 8.12. The van der Waals surface area contributed by atoms with Gasteiger partial charge in [-0.1, -0.05) is 139 Å². The van der Waals surface area contributed by atoms with Crippen molar-refractivity contribution in [1.82, 2.24) is 9.55 Å². The molecule has 0 atom stereocenters. The van der Waals surface area contributed by atoms with Crippen LogP contribution in [0.4, 0.5) is 0 Å². The van der Waals surface area contributed by atoms with Crippen molar-refractivity contribution < 1.29 is 7.16 Å². The Morgan fingerprint density at radius 3 is 2.06 bits per heavy atom. The van der Waals surface area contributed by atoms with Gasteiger partial charge in [-0.2, -0.15) is 0 Å². The third-order valence-corrected chi connectivity index (χ3v) is 10.5. The molecule has 2 heterocycles. The Hall–Kier alpha value is -5.67. The first-order chi connectivity index (χ1) is 26.3. The zero-order valence-corrected chi connectivity index (χ0v) is 31.6. The van der Waals surface area contributed by atoms with E-state index in [-0.39, 0.29) is 11.8 Å². The third kappa shape index (κ3) is 5.62. The van der Waals surface area contributed by atoms with E-state index in [1.807, 2.05) is 39.0 Å². The van der Waals surface area contributed by atoms with Gasteiger partial charge in [0.05, 0.1) is 22.3 Å². The minimum Gasteiger partial charge on any atom is -0.455 e. The minimum absolute atomic E-state index is 0.164. The summed E-state index contributed by atoms with van der Waals surface area (Å²) in [5, 5.41) is 6.82. The van der Waals surface area contributed by atoms with Gasteiger partial charge in [-0.05, 0) is 109 Å². The summed E-state index contributed by atoms with van der Waals surface area (Å²) in [6.45, 7) is 14.9. The highest BCUT2D eigenvalue weighted by atomic mass is 16.3. The van der Waals surface area contributed by atoms with Crippen molar-refractivity contribution in [2.45, 2.75) is 66.7 Å². The number of rotatable bonds is 6. The Bertz CT molecular complexity index is 2910. The van der Waals surface area contributed by atoms with E-state index in [4.69, 9.17) is 9.40 Å². The van der Waals surface area contributed by atoms with Crippen LogP contribution in [0, 0.1) is 5.41 Å². The van der Waals surface area contributed by atoms with Crippen LogP contribution in [0.3, 0.4) is 0 Å². The molecule has 2 aromatic heterocycles. The molecule has 0 bridgehead atoms. The van der Waals surface area contributed by atoms with Gasteiger partial charge in [0.15, 0.2) is 0 Å². The molecule has 0 aliphatic rings. The Morgan fingerprint density at radius 2 is 1.32 bits per heavy atom. The van der Waals surface area contributed by atoms with Gasteiger partial charge >= 0.3 is 0 Å². The van der Waals surface area contributed by atoms with E-state index in [1.165, 1.54) is 38.4 Å². The van der Waals surface area contributed by atoms with E-state index in [2.05, 4.69) is 141 Å². The van der Waals surface area contributed by atoms with Gasteiger partial charge in [0.2, 0.25) is 0 Å². The Labute approximate surface area is 314 Å². The first kappa shape index (κ1) is 30.9. The number of aromatic nitrogens is 2. The molecule has 9 aromatic rings. The van der Waals surface area contributed by atoms with E-state index >= 15 is 0 Å². The minimum atomic E-state index is -1.67. The lowest BCUT2D eigenvalue weighted by atomic mass is 9.86. The average molecular weight is 693 g/mol. The molecule has 0 N–H and O–H groups in total. The van der Waals surface area contributed by atoms with Gasteiger partial charge in [0, 0.05) is 13.5 Å². The largest absolute Gasteiger partial charge is 0.455 e. The number of nitrogens with zero attached hydrogens (tertiary/aromatic N) is 2. The summed E-state index contributed by atoms with van der Waals surface area (Å²) >= 11 is 0. The second kappa shape index (κ2) is 12.5. The van der Waals surface area contributed by atoms with Crippen LogP contribution in [0.2, 0.25) is 0 Å². The highest BCUT2D eigenvalue weighted by Gasteiger charge is 2.27.